The van der Waals surface area contributed by atoms with Crippen molar-refractivity contribution in [3.8, 4) is 5.75 Å². The molecule has 0 aliphatic heterocycles. The van der Waals surface area contributed by atoms with Crippen LogP contribution in [0.2, 0.25) is 0 Å². The first kappa shape index (κ1) is 16.3. The van der Waals surface area contributed by atoms with E-state index < -0.39 is 0 Å². The van der Waals surface area contributed by atoms with E-state index in [1.54, 1.807) is 25.3 Å². The predicted molar refractivity (Wildman–Crippen MR) is 83.1 cm³/mol. The van der Waals surface area contributed by atoms with Crippen LogP contribution in [0.25, 0.3) is 0 Å². The molecule has 0 aliphatic rings. The van der Waals surface area contributed by atoms with Crippen molar-refractivity contribution in [3.05, 3.63) is 18.2 Å². The third kappa shape index (κ3) is 5.09. The Hall–Kier alpha value is -1.75. The minimum Gasteiger partial charge on any atom is -0.495 e. The van der Waals surface area contributed by atoms with Crippen LogP contribution in [0.15, 0.2) is 18.2 Å². The molecule has 1 aromatic rings. The lowest BCUT2D eigenvalue weighted by molar-refractivity contribution is -0.116. The third-order valence-corrected chi connectivity index (χ3v) is 3.27. The lowest BCUT2D eigenvalue weighted by Crippen LogP contribution is -2.25. The molecule has 5 heteroatoms. The summed E-state index contributed by atoms with van der Waals surface area (Å²) in [7, 11) is 1.57. The molecule has 0 heterocycles. The molecular weight excluding hydrogens is 254 g/mol. The van der Waals surface area contributed by atoms with Crippen LogP contribution in [0.5, 0.6) is 5.75 Å². The molecule has 0 aromatic heterocycles. The topological polar surface area (TPSA) is 67.6 Å². The number of hydrogen-bond acceptors (Lipinski definition) is 4. The van der Waals surface area contributed by atoms with E-state index in [0.717, 1.165) is 26.1 Å². The lowest BCUT2D eigenvalue weighted by atomic mass is 10.2. The zero-order chi connectivity index (χ0) is 15.0. The molecule has 0 saturated heterocycles. The summed E-state index contributed by atoms with van der Waals surface area (Å²) in [5, 5.41) is 2.85. The van der Waals surface area contributed by atoms with Gasteiger partial charge >= 0.3 is 0 Å². The summed E-state index contributed by atoms with van der Waals surface area (Å²) in [5.41, 5.74) is 6.95. The fourth-order valence-electron chi connectivity index (χ4n) is 2.04. The molecule has 1 rings (SSSR count). The molecule has 0 aliphatic carbocycles. The number of carbonyl (C=O) groups excluding carboxylic acids is 1. The number of carbonyl (C=O) groups is 1. The van der Waals surface area contributed by atoms with Gasteiger partial charge in [-0.2, -0.15) is 0 Å². The number of nitrogens with one attached hydrogen (secondary N) is 1. The van der Waals surface area contributed by atoms with Crippen LogP contribution < -0.4 is 15.8 Å². The largest absolute Gasteiger partial charge is 0.495 e. The highest BCUT2D eigenvalue weighted by Gasteiger charge is 2.08. The summed E-state index contributed by atoms with van der Waals surface area (Å²) in [4.78, 5) is 14.2. The van der Waals surface area contributed by atoms with Gasteiger partial charge in [-0.3, -0.25) is 4.79 Å². The highest BCUT2D eigenvalue weighted by Crippen LogP contribution is 2.26. The first-order valence-electron chi connectivity index (χ1n) is 7.06. The summed E-state index contributed by atoms with van der Waals surface area (Å²) in [5.74, 6) is 0.609. The summed E-state index contributed by atoms with van der Waals surface area (Å²) in [6, 6.07) is 5.21. The number of nitrogen functional groups attached to an aromatic ring is 1. The van der Waals surface area contributed by atoms with E-state index in [4.69, 9.17) is 10.5 Å². The van der Waals surface area contributed by atoms with Crippen molar-refractivity contribution in [2.75, 3.05) is 37.8 Å². The highest BCUT2D eigenvalue weighted by molar-refractivity contribution is 5.92. The van der Waals surface area contributed by atoms with Crippen LogP contribution in [-0.4, -0.2) is 37.6 Å². The van der Waals surface area contributed by atoms with E-state index >= 15 is 0 Å². The zero-order valence-corrected chi connectivity index (χ0v) is 12.6. The molecule has 0 radical (unpaired) electrons. The molecule has 20 heavy (non-hydrogen) atoms. The smallest absolute Gasteiger partial charge is 0.224 e. The Morgan fingerprint density at radius 3 is 2.65 bits per heavy atom. The van der Waals surface area contributed by atoms with E-state index in [0.29, 0.717) is 23.5 Å². The second kappa shape index (κ2) is 8.43. The molecule has 1 aromatic carbocycles. The molecule has 3 N–H and O–H groups in total. The van der Waals surface area contributed by atoms with Crippen LogP contribution in [0.3, 0.4) is 0 Å². The Morgan fingerprint density at radius 1 is 1.35 bits per heavy atom. The number of benzene rings is 1. The minimum absolute atomic E-state index is 0.0129. The van der Waals surface area contributed by atoms with Crippen LogP contribution in [0.4, 0.5) is 11.4 Å². The van der Waals surface area contributed by atoms with Crippen molar-refractivity contribution in [1.29, 1.82) is 0 Å². The van der Waals surface area contributed by atoms with Gasteiger partial charge in [0.2, 0.25) is 5.91 Å². The number of nitrogens with two attached hydrogens (primary N) is 1. The Kier molecular flexibility index (Phi) is 6.87. The number of methoxy groups -OCH3 is 1. The quantitative estimate of drug-likeness (QED) is 0.717. The maximum absolute atomic E-state index is 11.9. The maximum Gasteiger partial charge on any atom is 0.224 e. The lowest BCUT2D eigenvalue weighted by Gasteiger charge is -2.17. The number of anilines is 2. The van der Waals surface area contributed by atoms with Gasteiger partial charge in [0.1, 0.15) is 5.75 Å². The van der Waals surface area contributed by atoms with Crippen molar-refractivity contribution in [2.45, 2.75) is 26.7 Å². The average Bonchev–Trinajstić information content (AvgIpc) is 2.44. The molecule has 0 spiro atoms. The number of rotatable bonds is 8. The Morgan fingerprint density at radius 2 is 2.05 bits per heavy atom. The molecule has 0 atom stereocenters. The van der Waals surface area contributed by atoms with Crippen molar-refractivity contribution < 1.29 is 9.53 Å². The van der Waals surface area contributed by atoms with E-state index in [-0.39, 0.29) is 5.91 Å². The monoisotopic (exact) mass is 279 g/mol. The van der Waals surface area contributed by atoms with Crippen molar-refractivity contribution in [3.63, 3.8) is 0 Å². The highest BCUT2D eigenvalue weighted by atomic mass is 16.5. The zero-order valence-electron chi connectivity index (χ0n) is 12.6. The number of ether oxygens (including phenoxy) is 1. The van der Waals surface area contributed by atoms with Gasteiger partial charge in [-0.15, -0.1) is 0 Å². The van der Waals surface area contributed by atoms with Gasteiger partial charge in [0.05, 0.1) is 12.8 Å². The Balaban J connectivity index is 2.48. The van der Waals surface area contributed by atoms with E-state index in [1.807, 2.05) is 0 Å². The van der Waals surface area contributed by atoms with Gasteiger partial charge < -0.3 is 20.7 Å². The normalized spacial score (nSPS) is 10.6. The minimum atomic E-state index is -0.0129. The fraction of sp³-hybridized carbons (Fsp3) is 0.533. The van der Waals surface area contributed by atoms with Gasteiger partial charge in [0.25, 0.3) is 0 Å². The van der Waals surface area contributed by atoms with Crippen LogP contribution in [0, 0.1) is 0 Å². The molecule has 1 amide bonds. The molecule has 0 saturated carbocycles. The van der Waals surface area contributed by atoms with E-state index in [9.17, 15) is 4.79 Å². The van der Waals surface area contributed by atoms with Gasteiger partial charge in [0, 0.05) is 12.1 Å². The predicted octanol–water partition coefficient (Wildman–Crippen LogP) is 2.34. The molecule has 0 unspecified atom stereocenters. The summed E-state index contributed by atoms with van der Waals surface area (Å²) in [6.07, 6.45) is 1.34. The van der Waals surface area contributed by atoms with Crippen LogP contribution in [-0.2, 0) is 4.79 Å². The molecule has 0 fully saturated rings. The van der Waals surface area contributed by atoms with Gasteiger partial charge in [-0.05, 0) is 44.3 Å². The SMILES string of the molecule is CCN(CC)CCCC(=O)Nc1cc(N)ccc1OC. The van der Waals surface area contributed by atoms with Crippen molar-refractivity contribution in [1.82, 2.24) is 4.90 Å². The summed E-state index contributed by atoms with van der Waals surface area (Å²) >= 11 is 0. The van der Waals surface area contributed by atoms with Gasteiger partial charge in [0.15, 0.2) is 0 Å². The van der Waals surface area contributed by atoms with Crippen molar-refractivity contribution >= 4 is 17.3 Å². The Bertz CT molecular complexity index is 431. The van der Waals surface area contributed by atoms with E-state index in [2.05, 4.69) is 24.1 Å². The van der Waals surface area contributed by atoms with E-state index in [1.165, 1.54) is 0 Å². The summed E-state index contributed by atoms with van der Waals surface area (Å²) in [6.45, 7) is 7.22. The summed E-state index contributed by atoms with van der Waals surface area (Å²) < 4.78 is 5.20. The fourth-order valence-corrected chi connectivity index (χ4v) is 2.04. The number of hydrogen-bond donors (Lipinski definition) is 2. The molecule has 5 nitrogen and oxygen atoms in total. The number of amides is 1. The van der Waals surface area contributed by atoms with Crippen molar-refractivity contribution in [2.24, 2.45) is 0 Å². The van der Waals surface area contributed by atoms with Crippen LogP contribution in [0.1, 0.15) is 26.7 Å². The molecule has 112 valence electrons. The first-order valence-corrected chi connectivity index (χ1v) is 7.06. The standard InChI is InChI=1S/C15H25N3O2/c1-4-18(5-2)10-6-7-15(19)17-13-11-12(16)8-9-14(13)20-3/h8-9,11H,4-7,10,16H2,1-3H3,(H,17,19). The molecular formula is C15H25N3O2. The van der Waals surface area contributed by atoms with Gasteiger partial charge in [-0.25, -0.2) is 0 Å². The maximum atomic E-state index is 11.9. The second-order valence-corrected chi connectivity index (χ2v) is 4.64. The third-order valence-electron chi connectivity index (χ3n) is 3.27. The molecule has 0 bridgehead atoms. The second-order valence-electron chi connectivity index (χ2n) is 4.64. The van der Waals surface area contributed by atoms with Crippen LogP contribution >= 0.6 is 0 Å². The Labute approximate surface area is 121 Å². The van der Waals surface area contributed by atoms with Gasteiger partial charge in [-0.1, -0.05) is 13.8 Å². The number of nitrogens with zero attached hydrogens (tertiary/aromatic N) is 1. The first-order chi connectivity index (χ1) is 9.60. The average molecular weight is 279 g/mol.